The molecule has 1 aromatic rings. The van der Waals surface area contributed by atoms with Crippen LogP contribution >= 0.6 is 35.1 Å². The second-order valence-corrected chi connectivity index (χ2v) is 12.1. The number of hydrogen-bond donors (Lipinski definition) is 6. The van der Waals surface area contributed by atoms with Crippen molar-refractivity contribution in [2.24, 2.45) is 0 Å². The summed E-state index contributed by atoms with van der Waals surface area (Å²) < 4.78 is 65.9. The molecule has 3 unspecified atom stereocenters. The fourth-order valence-electron chi connectivity index (χ4n) is 2.85. The average molecular weight is 564 g/mol. The van der Waals surface area contributed by atoms with Gasteiger partial charge < -0.3 is 29.4 Å². The van der Waals surface area contributed by atoms with Crippen LogP contribution in [0.5, 0.6) is 0 Å². The molecule has 6 atom stereocenters. The molecule has 1 aliphatic heterocycles. The van der Waals surface area contributed by atoms with E-state index in [2.05, 4.69) is 13.7 Å². The van der Waals surface area contributed by atoms with Crippen LogP contribution in [0.15, 0.2) is 15.8 Å². The van der Waals surface area contributed by atoms with Crippen molar-refractivity contribution in [1.82, 2.24) is 14.8 Å². The highest BCUT2D eigenvalue weighted by molar-refractivity contribution is 7.66. The largest absolute Gasteiger partial charge is 0.490 e. The van der Waals surface area contributed by atoms with Gasteiger partial charge in [-0.15, -0.1) is 11.6 Å². The van der Waals surface area contributed by atoms with Crippen LogP contribution < -0.4 is 11.2 Å². The summed E-state index contributed by atoms with van der Waals surface area (Å²) in [6.07, 6.45) is -5.20. The van der Waals surface area contributed by atoms with Crippen molar-refractivity contribution in [3.8, 4) is 0 Å². The van der Waals surface area contributed by atoms with Crippen molar-refractivity contribution in [2.75, 3.05) is 6.67 Å². The molecule has 22 heteroatoms. The minimum Gasteiger partial charge on any atom is -0.388 e. The smallest absolute Gasteiger partial charge is 0.388 e. The number of nitrogens with zero attached hydrogens (tertiary/aromatic N) is 2. The van der Waals surface area contributed by atoms with Gasteiger partial charge in [0.05, 0.1) is 0 Å². The molecule has 0 amide bonds. The normalized spacial score (nSPS) is 30.0. The molecule has 0 bridgehead atoms. The molecule has 2 rings (SSSR count). The minimum atomic E-state index is -5.85. The second-order valence-electron chi connectivity index (χ2n) is 7.08. The molecule has 2 heterocycles. The van der Waals surface area contributed by atoms with Crippen LogP contribution in [-0.4, -0.2) is 68.8 Å². The van der Waals surface area contributed by atoms with Crippen molar-refractivity contribution in [3.63, 3.8) is 0 Å². The van der Waals surface area contributed by atoms with Gasteiger partial charge in [0.2, 0.25) is 0 Å². The topological polar surface area (TPSA) is 257 Å². The first-order valence-corrected chi connectivity index (χ1v) is 13.2. The lowest BCUT2D eigenvalue weighted by molar-refractivity contribution is -0.121. The molecular weight excluding hydrogens is 546 g/mol. The van der Waals surface area contributed by atoms with Crippen molar-refractivity contribution in [3.05, 3.63) is 27.0 Å². The van der Waals surface area contributed by atoms with Gasteiger partial charge in [0.1, 0.15) is 35.6 Å². The first-order chi connectivity index (χ1) is 14.7. The number of aromatic amines is 1. The predicted octanol–water partition coefficient (Wildman–Crippen LogP) is -0.741. The number of aliphatic hydroxyl groups is 1. The average Bonchev–Trinajstić information content (AvgIpc) is 2.83. The first kappa shape index (κ1) is 28.4. The molecule has 6 N–H and O–H groups in total. The SMILES string of the molecule is CC(C)(OP(=O)(O)OP(=O)(O)OP(=O)(O)O)[C@H]1O[C@@H](n2ncc(=O)[nH]c2=O)[C@@](Cl)(CF)C1O. The fourth-order valence-corrected chi connectivity index (χ4v) is 6.45. The number of H-pyrrole nitrogens is 1. The summed E-state index contributed by atoms with van der Waals surface area (Å²) in [5.41, 5.74) is -4.34. The van der Waals surface area contributed by atoms with E-state index in [1.807, 2.05) is 0 Å². The molecule has 17 nitrogen and oxygen atoms in total. The van der Waals surface area contributed by atoms with E-state index in [0.717, 1.165) is 13.8 Å². The van der Waals surface area contributed by atoms with Gasteiger partial charge >= 0.3 is 29.2 Å². The third-order valence-corrected chi connectivity index (χ3v) is 8.62. The third-order valence-electron chi connectivity index (χ3n) is 4.08. The Hall–Kier alpha value is -0.840. The monoisotopic (exact) mass is 563 g/mol. The van der Waals surface area contributed by atoms with Gasteiger partial charge in [0.25, 0.3) is 5.56 Å². The van der Waals surface area contributed by atoms with Gasteiger partial charge in [-0.2, -0.15) is 18.4 Å². The molecule has 1 aliphatic rings. The zero-order valence-corrected chi connectivity index (χ0v) is 19.9. The maximum atomic E-state index is 13.8. The van der Waals surface area contributed by atoms with Gasteiger partial charge in [-0.25, -0.2) is 22.9 Å². The van der Waals surface area contributed by atoms with Crippen LogP contribution in [0.2, 0.25) is 0 Å². The summed E-state index contributed by atoms with van der Waals surface area (Å²) in [6, 6.07) is 0. The Balaban J connectivity index is 2.35. The highest BCUT2D eigenvalue weighted by Gasteiger charge is 2.62. The van der Waals surface area contributed by atoms with E-state index >= 15 is 0 Å². The molecule has 0 aromatic carbocycles. The molecule has 1 aromatic heterocycles. The van der Waals surface area contributed by atoms with E-state index in [4.69, 9.17) is 30.6 Å². The number of hydrogen-bond acceptors (Lipinski definition) is 11. The lowest BCUT2D eigenvalue weighted by atomic mass is 9.91. The Bertz CT molecular complexity index is 1150. The van der Waals surface area contributed by atoms with Crippen LogP contribution in [0.4, 0.5) is 4.39 Å². The minimum absolute atomic E-state index is 0.387. The van der Waals surface area contributed by atoms with E-state index in [1.54, 1.807) is 4.98 Å². The standard InChI is InChI=1S/C11H18ClFN3O14P3/c1-10(2,28-32(23,24)30-33(25,26)29-31(20,21)22)7-6(18)11(12,4-13)8(27-7)16-9(19)15-5(17)3-14-16/h3,6-8,18H,4H2,1-2H3,(H,23,24)(H,25,26)(H,15,17,19)(H2,20,21,22)/t6?,7-,8+,11+/m0/s1. The maximum absolute atomic E-state index is 13.8. The van der Waals surface area contributed by atoms with Gasteiger partial charge in [-0.3, -0.25) is 14.3 Å². The number of phosphoric acid groups is 3. The zero-order chi connectivity index (χ0) is 25.6. The van der Waals surface area contributed by atoms with Crippen LogP contribution in [0.25, 0.3) is 0 Å². The Morgan fingerprint density at radius 3 is 2.30 bits per heavy atom. The predicted molar refractivity (Wildman–Crippen MR) is 103 cm³/mol. The lowest BCUT2D eigenvalue weighted by Crippen LogP contribution is -2.51. The molecule has 0 radical (unpaired) electrons. The van der Waals surface area contributed by atoms with Gasteiger partial charge in [-0.1, -0.05) is 0 Å². The highest BCUT2D eigenvalue weighted by Crippen LogP contribution is 2.67. The van der Waals surface area contributed by atoms with E-state index < -0.39 is 70.3 Å². The van der Waals surface area contributed by atoms with E-state index in [9.17, 15) is 42.6 Å². The number of phosphoric ester groups is 1. The van der Waals surface area contributed by atoms with Crippen molar-refractivity contribution >= 4 is 35.1 Å². The Labute approximate surface area is 187 Å². The number of rotatable bonds is 9. The molecule has 33 heavy (non-hydrogen) atoms. The van der Waals surface area contributed by atoms with Crippen LogP contribution in [0, 0.1) is 0 Å². The summed E-state index contributed by atoms with van der Waals surface area (Å²) >= 11 is 6.12. The summed E-state index contributed by atoms with van der Waals surface area (Å²) in [5.74, 6) is 0. The van der Waals surface area contributed by atoms with Gasteiger partial charge in [0, 0.05) is 0 Å². The summed E-state index contributed by atoms with van der Waals surface area (Å²) in [7, 11) is -17.2. The van der Waals surface area contributed by atoms with E-state index in [-0.39, 0.29) is 0 Å². The Morgan fingerprint density at radius 2 is 1.82 bits per heavy atom. The number of ether oxygens (including phenoxy) is 1. The third kappa shape index (κ3) is 6.64. The van der Waals surface area contributed by atoms with E-state index in [1.165, 1.54) is 0 Å². The van der Waals surface area contributed by atoms with Crippen LogP contribution in [0.3, 0.4) is 0 Å². The number of aliphatic hydroxyl groups excluding tert-OH is 1. The summed E-state index contributed by atoms with van der Waals surface area (Å²) in [5, 5.41) is 14.0. The molecule has 0 saturated carbocycles. The van der Waals surface area contributed by atoms with E-state index in [0.29, 0.717) is 10.9 Å². The maximum Gasteiger partial charge on any atom is 0.490 e. The number of alkyl halides is 2. The van der Waals surface area contributed by atoms with Crippen LogP contribution in [-0.2, 0) is 31.6 Å². The van der Waals surface area contributed by atoms with Crippen molar-refractivity contribution in [1.29, 1.82) is 0 Å². The van der Waals surface area contributed by atoms with Crippen molar-refractivity contribution in [2.45, 2.75) is 42.8 Å². The number of aromatic nitrogens is 3. The fraction of sp³-hybridized carbons (Fsp3) is 0.727. The Morgan fingerprint density at radius 1 is 1.24 bits per heavy atom. The Kier molecular flexibility index (Phi) is 8.02. The molecular formula is C11H18ClFN3O14P3. The molecule has 0 aliphatic carbocycles. The first-order valence-electron chi connectivity index (χ1n) is 8.34. The quantitative estimate of drug-likeness (QED) is 0.160. The second kappa shape index (κ2) is 9.32. The van der Waals surface area contributed by atoms with Gasteiger partial charge in [0.15, 0.2) is 6.23 Å². The zero-order valence-electron chi connectivity index (χ0n) is 16.4. The van der Waals surface area contributed by atoms with Crippen molar-refractivity contribution < 1.29 is 60.6 Å². The highest BCUT2D eigenvalue weighted by atomic mass is 35.5. The number of nitrogens with one attached hydrogen (secondary N) is 1. The molecule has 0 spiro atoms. The lowest BCUT2D eigenvalue weighted by Gasteiger charge is -2.34. The number of halogens is 2. The molecule has 1 saturated heterocycles. The molecule has 190 valence electrons. The molecule has 1 fully saturated rings. The van der Waals surface area contributed by atoms with Gasteiger partial charge in [-0.05, 0) is 13.8 Å². The summed E-state index contributed by atoms with van der Waals surface area (Å²) in [4.78, 5) is 58.7. The van der Waals surface area contributed by atoms with Crippen LogP contribution in [0.1, 0.15) is 20.1 Å². The summed E-state index contributed by atoms with van der Waals surface area (Å²) in [6.45, 7) is 0.371.